The Morgan fingerprint density at radius 3 is 2.30 bits per heavy atom. The van der Waals surface area contributed by atoms with Gasteiger partial charge in [0.2, 0.25) is 0 Å². The average Bonchev–Trinajstić information content (AvgIpc) is 3.09. The lowest BCUT2D eigenvalue weighted by atomic mass is 9.83. The molecule has 0 radical (unpaired) electrons. The summed E-state index contributed by atoms with van der Waals surface area (Å²) in [6.45, 7) is 0. The smallest absolute Gasteiger partial charge is 0.254 e. The number of nitrogens with zero attached hydrogens (tertiary/aromatic N) is 5. The molecule has 2 heterocycles. The molecule has 1 fully saturated rings. The Labute approximate surface area is 154 Å². The van der Waals surface area contributed by atoms with Crippen molar-refractivity contribution < 1.29 is 13.2 Å². The molecule has 0 spiro atoms. The monoisotopic (exact) mass is 375 g/mol. The number of hydrogen-bond donors (Lipinski definition) is 0. The molecule has 2 aromatic heterocycles. The molecule has 5 nitrogen and oxygen atoms in total. The summed E-state index contributed by atoms with van der Waals surface area (Å²) in [5, 5.41) is 4.26. The van der Waals surface area contributed by atoms with E-state index >= 15 is 0 Å². The second-order valence-corrected chi connectivity index (χ2v) is 7.14. The zero-order valence-corrected chi connectivity index (χ0v) is 15.2. The fourth-order valence-electron chi connectivity index (χ4n) is 3.95. The van der Waals surface area contributed by atoms with Crippen LogP contribution >= 0.6 is 0 Å². The predicted octanol–water partition coefficient (Wildman–Crippen LogP) is 4.32. The summed E-state index contributed by atoms with van der Waals surface area (Å²) < 4.78 is 44.6. The number of rotatable bonds is 3. The second kappa shape index (κ2) is 6.83. The van der Waals surface area contributed by atoms with Crippen molar-refractivity contribution in [2.45, 2.75) is 38.0 Å². The van der Waals surface area contributed by atoms with Crippen LogP contribution in [0.5, 0.6) is 0 Å². The summed E-state index contributed by atoms with van der Waals surface area (Å²) >= 11 is 0. The van der Waals surface area contributed by atoms with E-state index in [1.807, 2.05) is 0 Å². The lowest BCUT2D eigenvalue weighted by Gasteiger charge is -2.27. The van der Waals surface area contributed by atoms with E-state index in [9.17, 15) is 13.2 Å². The van der Waals surface area contributed by atoms with E-state index in [0.29, 0.717) is 35.0 Å². The van der Waals surface area contributed by atoms with Crippen LogP contribution in [0.2, 0.25) is 0 Å². The third-order valence-corrected chi connectivity index (χ3v) is 5.12. The van der Waals surface area contributed by atoms with E-state index in [-0.39, 0.29) is 11.5 Å². The molecule has 3 aromatic rings. The average molecular weight is 375 g/mol. The Hall–Kier alpha value is -2.64. The molecule has 1 aliphatic carbocycles. The van der Waals surface area contributed by atoms with Gasteiger partial charge in [-0.1, -0.05) is 19.3 Å². The van der Waals surface area contributed by atoms with Crippen LogP contribution in [-0.2, 0) is 0 Å². The van der Waals surface area contributed by atoms with Gasteiger partial charge >= 0.3 is 0 Å². The maximum atomic E-state index is 14.7. The van der Waals surface area contributed by atoms with Crippen LogP contribution in [0.25, 0.3) is 16.9 Å². The van der Waals surface area contributed by atoms with Gasteiger partial charge in [-0.25, -0.2) is 17.7 Å². The largest absolute Gasteiger partial charge is 0.362 e. The zero-order chi connectivity index (χ0) is 19.1. The molecule has 142 valence electrons. The van der Waals surface area contributed by atoms with E-state index < -0.39 is 17.5 Å². The molecule has 0 atom stereocenters. The summed E-state index contributed by atoms with van der Waals surface area (Å²) in [5.41, 5.74) is 0.732. The quantitative estimate of drug-likeness (QED) is 0.684. The Morgan fingerprint density at radius 1 is 1.00 bits per heavy atom. The minimum absolute atomic E-state index is 0.0727. The van der Waals surface area contributed by atoms with E-state index in [1.54, 1.807) is 23.5 Å². The SMILES string of the molecule is CN(C)c1nc2ncnn2c(C2CCCCC2)c1-c1c(F)cc(F)cc1F. The maximum Gasteiger partial charge on any atom is 0.254 e. The standard InChI is InChI=1S/C19H20F3N5/c1-26(2)18-16(15-13(21)8-12(20)9-14(15)22)17(11-6-4-3-5-7-11)27-19(25-18)23-10-24-27/h8-11H,3-7H2,1-2H3. The van der Waals surface area contributed by atoms with Crippen molar-refractivity contribution >= 4 is 11.6 Å². The van der Waals surface area contributed by atoms with Gasteiger partial charge in [-0.2, -0.15) is 15.1 Å². The molecule has 0 aliphatic heterocycles. The Bertz CT molecular complexity index is 969. The van der Waals surface area contributed by atoms with Crippen LogP contribution < -0.4 is 4.90 Å². The fourth-order valence-corrected chi connectivity index (χ4v) is 3.95. The number of halogens is 3. The van der Waals surface area contributed by atoms with Crippen molar-refractivity contribution in [1.29, 1.82) is 0 Å². The van der Waals surface area contributed by atoms with Gasteiger partial charge in [0.1, 0.15) is 29.6 Å². The Balaban J connectivity index is 2.10. The van der Waals surface area contributed by atoms with Crippen LogP contribution in [0.3, 0.4) is 0 Å². The van der Waals surface area contributed by atoms with Crippen LogP contribution in [0, 0.1) is 17.5 Å². The minimum atomic E-state index is -0.950. The van der Waals surface area contributed by atoms with Gasteiger partial charge in [-0.05, 0) is 12.8 Å². The van der Waals surface area contributed by atoms with Crippen LogP contribution in [-0.4, -0.2) is 33.7 Å². The van der Waals surface area contributed by atoms with Gasteiger partial charge < -0.3 is 4.90 Å². The van der Waals surface area contributed by atoms with Gasteiger partial charge in [-0.15, -0.1) is 0 Å². The molecule has 0 N–H and O–H groups in total. The van der Waals surface area contributed by atoms with Crippen molar-refractivity contribution in [2.75, 3.05) is 19.0 Å². The topological polar surface area (TPSA) is 46.3 Å². The summed E-state index contributed by atoms with van der Waals surface area (Å²) in [7, 11) is 3.51. The molecule has 8 heteroatoms. The van der Waals surface area contributed by atoms with Crippen molar-refractivity contribution in [1.82, 2.24) is 19.6 Å². The molecule has 1 aliphatic rings. The summed E-state index contributed by atoms with van der Waals surface area (Å²) in [5.74, 6) is -2.01. The van der Waals surface area contributed by atoms with E-state index in [4.69, 9.17) is 0 Å². The molecular weight excluding hydrogens is 355 g/mol. The van der Waals surface area contributed by atoms with Crippen molar-refractivity contribution in [3.63, 3.8) is 0 Å². The number of hydrogen-bond acceptors (Lipinski definition) is 4. The third-order valence-electron chi connectivity index (χ3n) is 5.12. The number of fused-ring (bicyclic) bond motifs is 1. The first-order valence-corrected chi connectivity index (χ1v) is 9.03. The number of aromatic nitrogens is 4. The first-order chi connectivity index (χ1) is 13.0. The fraction of sp³-hybridized carbons (Fsp3) is 0.421. The number of anilines is 1. The van der Waals surface area contributed by atoms with Gasteiger partial charge in [-0.3, -0.25) is 0 Å². The highest BCUT2D eigenvalue weighted by atomic mass is 19.1. The molecule has 1 aromatic carbocycles. The highest BCUT2D eigenvalue weighted by molar-refractivity contribution is 5.80. The van der Waals surface area contributed by atoms with E-state index in [0.717, 1.165) is 32.1 Å². The summed E-state index contributed by atoms with van der Waals surface area (Å²) in [6.07, 6.45) is 6.38. The molecule has 0 saturated heterocycles. The molecule has 0 amide bonds. The lowest BCUT2D eigenvalue weighted by Crippen LogP contribution is -2.19. The van der Waals surface area contributed by atoms with Crippen molar-refractivity contribution in [3.8, 4) is 11.1 Å². The molecule has 27 heavy (non-hydrogen) atoms. The predicted molar refractivity (Wildman–Crippen MR) is 96.2 cm³/mol. The Morgan fingerprint density at radius 2 is 1.67 bits per heavy atom. The van der Waals surface area contributed by atoms with Gasteiger partial charge in [0.05, 0.1) is 16.8 Å². The van der Waals surface area contributed by atoms with Gasteiger partial charge in [0.25, 0.3) is 5.78 Å². The first-order valence-electron chi connectivity index (χ1n) is 9.03. The first kappa shape index (κ1) is 17.8. The minimum Gasteiger partial charge on any atom is -0.362 e. The third kappa shape index (κ3) is 3.02. The maximum absolute atomic E-state index is 14.7. The zero-order valence-electron chi connectivity index (χ0n) is 15.2. The molecule has 1 saturated carbocycles. The van der Waals surface area contributed by atoms with E-state index in [2.05, 4.69) is 15.1 Å². The molecule has 0 unspecified atom stereocenters. The summed E-state index contributed by atoms with van der Waals surface area (Å²) in [6, 6.07) is 1.40. The van der Waals surface area contributed by atoms with Crippen molar-refractivity contribution in [2.24, 2.45) is 0 Å². The van der Waals surface area contributed by atoms with Crippen LogP contribution in [0.15, 0.2) is 18.5 Å². The normalized spacial score (nSPS) is 15.4. The van der Waals surface area contributed by atoms with Gasteiger partial charge in [0, 0.05) is 32.1 Å². The molecule has 4 rings (SSSR count). The van der Waals surface area contributed by atoms with Gasteiger partial charge in [0.15, 0.2) is 0 Å². The van der Waals surface area contributed by atoms with E-state index in [1.165, 1.54) is 6.33 Å². The number of benzene rings is 1. The second-order valence-electron chi connectivity index (χ2n) is 7.14. The summed E-state index contributed by atoms with van der Waals surface area (Å²) in [4.78, 5) is 10.3. The van der Waals surface area contributed by atoms with Crippen LogP contribution in [0.1, 0.15) is 43.7 Å². The van der Waals surface area contributed by atoms with Crippen molar-refractivity contribution in [3.05, 3.63) is 41.6 Å². The van der Waals surface area contributed by atoms with Crippen LogP contribution in [0.4, 0.5) is 19.0 Å². The lowest BCUT2D eigenvalue weighted by molar-refractivity contribution is 0.431. The Kier molecular flexibility index (Phi) is 4.49. The molecule has 0 bridgehead atoms. The molecular formula is C19H20F3N5. The highest BCUT2D eigenvalue weighted by Gasteiger charge is 2.30. The highest BCUT2D eigenvalue weighted by Crippen LogP contribution is 2.43.